The van der Waals surface area contributed by atoms with Gasteiger partial charge in [0.2, 0.25) is 0 Å². The fraction of sp³-hybridized carbons (Fsp3) is 0.259. The number of benzene rings is 2. The van der Waals surface area contributed by atoms with E-state index in [1.54, 1.807) is 0 Å². The van der Waals surface area contributed by atoms with Crippen molar-refractivity contribution in [3.05, 3.63) is 100 Å². The zero-order chi connectivity index (χ0) is 19.4. The van der Waals surface area contributed by atoms with Crippen LogP contribution in [0.3, 0.4) is 0 Å². The summed E-state index contributed by atoms with van der Waals surface area (Å²) in [5.74, 6) is 0. The lowest BCUT2D eigenvalue weighted by atomic mass is 9.59. The predicted molar refractivity (Wildman–Crippen MR) is 124 cm³/mol. The smallest absolute Gasteiger partial charge is 0.0198 e. The summed E-state index contributed by atoms with van der Waals surface area (Å²) in [6.07, 6.45) is 18.0. The van der Waals surface area contributed by atoms with Crippen LogP contribution >= 0.6 is 15.9 Å². The van der Waals surface area contributed by atoms with E-state index in [-0.39, 0.29) is 10.8 Å². The van der Waals surface area contributed by atoms with Crippen molar-refractivity contribution < 1.29 is 0 Å². The van der Waals surface area contributed by atoms with Crippen molar-refractivity contribution in [3.63, 3.8) is 0 Å². The fourth-order valence-electron chi connectivity index (χ4n) is 5.27. The molecule has 0 nitrogen and oxygen atoms in total. The van der Waals surface area contributed by atoms with Crippen molar-refractivity contribution >= 4 is 32.3 Å². The van der Waals surface area contributed by atoms with Crippen LogP contribution in [0, 0.1) is 10.8 Å². The van der Waals surface area contributed by atoms with Crippen LogP contribution in [0.1, 0.15) is 38.7 Å². The molecule has 0 N–H and O–H groups in total. The molecule has 0 heterocycles. The number of rotatable bonds is 2. The van der Waals surface area contributed by atoms with Crippen molar-refractivity contribution in [2.45, 2.75) is 33.1 Å². The van der Waals surface area contributed by atoms with Crippen molar-refractivity contribution in [2.75, 3.05) is 0 Å². The zero-order valence-corrected chi connectivity index (χ0v) is 18.1. The van der Waals surface area contributed by atoms with Crippen LogP contribution in [0.25, 0.3) is 16.3 Å². The highest BCUT2D eigenvalue weighted by atomic mass is 79.9. The van der Waals surface area contributed by atoms with Crippen LogP contribution in [-0.2, 0) is 0 Å². The van der Waals surface area contributed by atoms with Gasteiger partial charge in [-0.25, -0.2) is 0 Å². The molecule has 0 saturated heterocycles. The third kappa shape index (κ3) is 2.71. The van der Waals surface area contributed by atoms with Crippen LogP contribution in [0.2, 0.25) is 0 Å². The number of hydrogen-bond donors (Lipinski definition) is 0. The summed E-state index contributed by atoms with van der Waals surface area (Å²) < 4.78 is 1.20. The van der Waals surface area contributed by atoms with E-state index in [4.69, 9.17) is 0 Å². The van der Waals surface area contributed by atoms with Crippen LogP contribution in [0.5, 0.6) is 0 Å². The minimum Gasteiger partial charge on any atom is -0.0706 e. The molecule has 0 amide bonds. The van der Waals surface area contributed by atoms with Gasteiger partial charge in [-0.2, -0.15) is 0 Å². The van der Waals surface area contributed by atoms with Gasteiger partial charge in [-0.3, -0.25) is 0 Å². The van der Waals surface area contributed by atoms with Gasteiger partial charge in [0.15, 0.2) is 0 Å². The molecule has 0 fully saturated rings. The van der Waals surface area contributed by atoms with E-state index in [1.807, 2.05) is 0 Å². The first-order chi connectivity index (χ1) is 13.5. The van der Waals surface area contributed by atoms with Crippen LogP contribution in [-0.4, -0.2) is 0 Å². The second-order valence-corrected chi connectivity index (χ2v) is 9.55. The topological polar surface area (TPSA) is 0 Å². The maximum atomic E-state index is 3.81. The third-order valence-electron chi connectivity index (χ3n) is 6.90. The summed E-state index contributed by atoms with van der Waals surface area (Å²) in [5, 5.41) is 2.62. The molecule has 140 valence electrons. The monoisotopic (exact) mass is 428 g/mol. The zero-order valence-electron chi connectivity index (χ0n) is 16.5. The summed E-state index contributed by atoms with van der Waals surface area (Å²) in [4.78, 5) is 0. The van der Waals surface area contributed by atoms with Crippen molar-refractivity contribution in [2.24, 2.45) is 10.8 Å². The summed E-state index contributed by atoms with van der Waals surface area (Å²) in [7, 11) is 0. The van der Waals surface area contributed by atoms with Gasteiger partial charge in [0, 0.05) is 15.3 Å². The van der Waals surface area contributed by atoms with Gasteiger partial charge in [-0.15, -0.1) is 0 Å². The van der Waals surface area contributed by atoms with Gasteiger partial charge in [-0.05, 0) is 58.4 Å². The first-order valence-electron chi connectivity index (χ1n) is 10.2. The second-order valence-electron chi connectivity index (χ2n) is 8.63. The van der Waals surface area contributed by atoms with E-state index in [9.17, 15) is 0 Å². The van der Waals surface area contributed by atoms with Gasteiger partial charge < -0.3 is 0 Å². The maximum Gasteiger partial charge on any atom is 0.0198 e. The highest BCUT2D eigenvalue weighted by Crippen LogP contribution is 2.56. The molecule has 0 spiro atoms. The molecule has 1 heteroatoms. The van der Waals surface area contributed by atoms with Gasteiger partial charge in [0.1, 0.15) is 0 Å². The van der Waals surface area contributed by atoms with Crippen LogP contribution in [0.4, 0.5) is 0 Å². The summed E-state index contributed by atoms with van der Waals surface area (Å²) in [6.45, 7) is 4.71. The standard InChI is InChI=1S/C27H25Br/c1-3-27-14-13-26(2)17-22(27)15-20(11-12-21(27)16-23(28)18-26)25-10-6-8-19-7-4-5-9-24(19)25/h4-12,15-18H,3,13-14H2,1-2H3/b21-16-,23-18?. The molecule has 2 aromatic rings. The number of halogens is 1. The van der Waals surface area contributed by atoms with Gasteiger partial charge >= 0.3 is 0 Å². The third-order valence-corrected chi connectivity index (χ3v) is 7.36. The molecule has 0 aromatic heterocycles. The van der Waals surface area contributed by atoms with E-state index in [0.29, 0.717) is 0 Å². The first-order valence-corrected chi connectivity index (χ1v) is 11.0. The molecular weight excluding hydrogens is 404 g/mol. The number of hydrogen-bond acceptors (Lipinski definition) is 0. The van der Waals surface area contributed by atoms with Gasteiger partial charge in [0.05, 0.1) is 0 Å². The van der Waals surface area contributed by atoms with E-state index in [1.165, 1.54) is 50.4 Å². The molecule has 0 radical (unpaired) electrons. The van der Waals surface area contributed by atoms with E-state index < -0.39 is 0 Å². The Balaban J connectivity index is 1.78. The average molecular weight is 429 g/mol. The quantitative estimate of drug-likeness (QED) is 0.452. The van der Waals surface area contributed by atoms with Crippen LogP contribution < -0.4 is 0 Å². The Hall–Kier alpha value is -2.12. The largest absolute Gasteiger partial charge is 0.0706 e. The molecule has 4 aliphatic rings. The Morgan fingerprint density at radius 3 is 2.57 bits per heavy atom. The minimum absolute atomic E-state index is 0.111. The molecule has 2 atom stereocenters. The van der Waals surface area contributed by atoms with E-state index in [0.717, 1.165) is 6.42 Å². The predicted octanol–water partition coefficient (Wildman–Crippen LogP) is 8.13. The van der Waals surface area contributed by atoms with Gasteiger partial charge in [0.25, 0.3) is 0 Å². The average Bonchev–Trinajstić information content (AvgIpc) is 2.84. The van der Waals surface area contributed by atoms with Crippen LogP contribution in [0.15, 0.2) is 94.5 Å². The Morgan fingerprint density at radius 2 is 1.71 bits per heavy atom. The minimum atomic E-state index is 0.111. The molecule has 6 rings (SSSR count). The molecule has 0 saturated carbocycles. The highest BCUT2D eigenvalue weighted by molar-refractivity contribution is 9.11. The van der Waals surface area contributed by atoms with Crippen molar-refractivity contribution in [3.8, 4) is 0 Å². The SMILES string of the molecule is CCC12CCC3(C)C=C(Br)/C=C\1C=CC(c1cccc4ccccc14)=CC2=C3. The lowest BCUT2D eigenvalue weighted by Gasteiger charge is -2.45. The summed E-state index contributed by atoms with van der Waals surface area (Å²) in [5.41, 5.74) is 5.78. The number of fused-ring (bicyclic) bond motifs is 3. The lowest BCUT2D eigenvalue weighted by molar-refractivity contribution is 0.298. The molecule has 0 aliphatic heterocycles. The molecule has 4 aliphatic carbocycles. The Labute approximate surface area is 176 Å². The van der Waals surface area contributed by atoms with Crippen molar-refractivity contribution in [1.29, 1.82) is 0 Å². The highest BCUT2D eigenvalue weighted by Gasteiger charge is 2.43. The molecular formula is C27H25Br. The fourth-order valence-corrected chi connectivity index (χ4v) is 6.04. The molecule has 4 bridgehead atoms. The number of allylic oxidation sites excluding steroid dienone is 10. The Morgan fingerprint density at radius 1 is 0.893 bits per heavy atom. The second kappa shape index (κ2) is 6.46. The van der Waals surface area contributed by atoms with Crippen molar-refractivity contribution in [1.82, 2.24) is 0 Å². The first kappa shape index (κ1) is 17.9. The maximum absolute atomic E-state index is 3.81. The molecule has 28 heavy (non-hydrogen) atoms. The Bertz CT molecular complexity index is 1120. The lowest BCUT2D eigenvalue weighted by Crippen LogP contribution is -2.33. The van der Waals surface area contributed by atoms with Gasteiger partial charge in [-0.1, -0.05) is 103 Å². The van der Waals surface area contributed by atoms with E-state index >= 15 is 0 Å². The molecule has 2 unspecified atom stereocenters. The summed E-state index contributed by atoms with van der Waals surface area (Å²) >= 11 is 3.81. The normalized spacial score (nSPS) is 30.5. The van der Waals surface area contributed by atoms with E-state index in [2.05, 4.69) is 109 Å². The molecule has 2 aromatic carbocycles. The summed E-state index contributed by atoms with van der Waals surface area (Å²) in [6, 6.07) is 15.3. The Kier molecular flexibility index (Phi) is 4.14.